The van der Waals surface area contributed by atoms with Gasteiger partial charge in [-0.1, -0.05) is 24.3 Å². The van der Waals surface area contributed by atoms with Crippen LogP contribution in [0.4, 0.5) is 13.2 Å². The van der Waals surface area contributed by atoms with E-state index < -0.39 is 6.36 Å². The van der Waals surface area contributed by atoms with Crippen LogP contribution in [0.3, 0.4) is 0 Å². The van der Waals surface area contributed by atoms with Crippen LogP contribution in [-0.2, 0) is 6.42 Å². The van der Waals surface area contributed by atoms with E-state index in [-0.39, 0.29) is 18.3 Å². The van der Waals surface area contributed by atoms with E-state index in [2.05, 4.69) is 32.5 Å². The fraction of sp³-hybridized carbons (Fsp3) is 0.526. The molecule has 1 atom stereocenters. The highest BCUT2D eigenvalue weighted by atomic mass is 19.4. The Labute approximate surface area is 157 Å². The second-order valence-corrected chi connectivity index (χ2v) is 6.45. The molecular weight excluding hydrogens is 359 g/mol. The van der Waals surface area contributed by atoms with Crippen LogP contribution in [0.2, 0.25) is 0 Å². The fourth-order valence-corrected chi connectivity index (χ4v) is 2.82. The van der Waals surface area contributed by atoms with Crippen molar-refractivity contribution < 1.29 is 23.0 Å². The van der Waals surface area contributed by atoms with Gasteiger partial charge in [-0.05, 0) is 43.9 Å². The Morgan fingerprint density at radius 3 is 2.48 bits per heavy atom. The van der Waals surface area contributed by atoms with Crippen LogP contribution >= 0.6 is 0 Å². The number of alkyl halides is 3. The molecular formula is C19H26F3N3O2. The number of aliphatic imine (C=N–C) groups is 1. The maximum Gasteiger partial charge on any atom is 0.573 e. The van der Waals surface area contributed by atoms with E-state index in [1.165, 1.54) is 12.1 Å². The average Bonchev–Trinajstić information content (AvgIpc) is 3.12. The van der Waals surface area contributed by atoms with Crippen molar-refractivity contribution in [2.45, 2.75) is 38.6 Å². The maximum absolute atomic E-state index is 12.2. The number of aliphatic hydroxyl groups excluding tert-OH is 1. The first-order chi connectivity index (χ1) is 12.9. The number of nitrogens with zero attached hydrogens (tertiary/aromatic N) is 1. The molecule has 0 aromatic heterocycles. The number of rotatable bonds is 8. The summed E-state index contributed by atoms with van der Waals surface area (Å²) in [5.74, 6) is 0.323. The van der Waals surface area contributed by atoms with Crippen LogP contribution in [0, 0.1) is 5.92 Å². The molecule has 0 spiro atoms. The van der Waals surface area contributed by atoms with E-state index in [1.807, 2.05) is 6.92 Å². The smallest absolute Gasteiger partial charge is 0.406 e. The molecule has 3 N–H and O–H groups in total. The predicted octanol–water partition coefficient (Wildman–Crippen LogP) is 3.01. The van der Waals surface area contributed by atoms with Crippen molar-refractivity contribution in [2.24, 2.45) is 10.9 Å². The molecule has 0 aliphatic heterocycles. The number of guanidine groups is 1. The molecule has 0 radical (unpaired) electrons. The number of halogens is 3. The monoisotopic (exact) mass is 385 g/mol. The molecule has 1 aliphatic carbocycles. The lowest BCUT2D eigenvalue weighted by atomic mass is 10.0. The Morgan fingerprint density at radius 1 is 1.26 bits per heavy atom. The van der Waals surface area contributed by atoms with Crippen LogP contribution in [0.25, 0.3) is 0 Å². The molecule has 2 rings (SSSR count). The zero-order valence-corrected chi connectivity index (χ0v) is 15.3. The van der Waals surface area contributed by atoms with Crippen molar-refractivity contribution >= 4 is 5.96 Å². The highest BCUT2D eigenvalue weighted by Gasteiger charge is 2.30. The Morgan fingerprint density at radius 2 is 1.93 bits per heavy atom. The molecule has 0 fully saturated rings. The first-order valence-electron chi connectivity index (χ1n) is 9.05. The first-order valence-corrected chi connectivity index (χ1v) is 9.05. The van der Waals surface area contributed by atoms with Crippen LogP contribution in [0.5, 0.6) is 5.75 Å². The van der Waals surface area contributed by atoms with Crippen LogP contribution in [0.15, 0.2) is 41.4 Å². The second kappa shape index (κ2) is 10.2. The Balaban J connectivity index is 1.90. The molecule has 1 aliphatic rings. The molecule has 150 valence electrons. The second-order valence-electron chi connectivity index (χ2n) is 6.45. The minimum absolute atomic E-state index is 0.0608. The lowest BCUT2D eigenvalue weighted by Crippen LogP contribution is -2.42. The normalized spacial score (nSPS) is 16.4. The summed E-state index contributed by atoms with van der Waals surface area (Å²) < 4.78 is 40.5. The number of hydrogen-bond acceptors (Lipinski definition) is 3. The van der Waals surface area contributed by atoms with Gasteiger partial charge in [-0.25, -0.2) is 0 Å². The van der Waals surface area contributed by atoms with Crippen LogP contribution < -0.4 is 15.4 Å². The molecule has 0 saturated carbocycles. The quantitative estimate of drug-likeness (QED) is 0.366. The summed E-state index contributed by atoms with van der Waals surface area (Å²) in [6, 6.07) is 6.03. The van der Waals surface area contributed by atoms with Crippen LogP contribution in [-0.4, -0.2) is 43.2 Å². The first kappa shape index (κ1) is 21.1. The number of ether oxygens (including phenoxy) is 1. The molecule has 0 saturated heterocycles. The van der Waals surface area contributed by atoms with Crippen molar-refractivity contribution in [3.63, 3.8) is 0 Å². The zero-order chi connectivity index (χ0) is 19.7. The van der Waals surface area contributed by atoms with Gasteiger partial charge in [0.2, 0.25) is 0 Å². The molecule has 8 heteroatoms. The molecule has 1 aromatic carbocycles. The van der Waals surface area contributed by atoms with Gasteiger partial charge >= 0.3 is 6.36 Å². The van der Waals surface area contributed by atoms with Crippen molar-refractivity contribution in [2.75, 3.05) is 19.7 Å². The summed E-state index contributed by atoms with van der Waals surface area (Å²) in [4.78, 5) is 4.54. The molecule has 1 aromatic rings. The molecule has 5 nitrogen and oxygen atoms in total. The minimum Gasteiger partial charge on any atom is -0.406 e. The van der Waals surface area contributed by atoms with Crippen molar-refractivity contribution in [3.05, 3.63) is 42.0 Å². The summed E-state index contributed by atoms with van der Waals surface area (Å²) in [6.07, 6.45) is 1.99. The van der Waals surface area contributed by atoms with Crippen molar-refractivity contribution in [1.29, 1.82) is 0 Å². The van der Waals surface area contributed by atoms with Gasteiger partial charge in [0.1, 0.15) is 5.75 Å². The standard InChI is InChI=1S/C19H26F3N3O2/c1-2-23-18(25-16-5-3-4-6-16)24-12-15(13-26)11-14-7-9-17(10-8-14)27-19(20,21)22/h3-4,7-10,15-16,26H,2,5-6,11-13H2,1H3,(H2,23,24,25). The van der Waals surface area contributed by atoms with Gasteiger partial charge in [0.25, 0.3) is 0 Å². The van der Waals surface area contributed by atoms with E-state index in [0.29, 0.717) is 25.0 Å². The molecule has 0 bridgehead atoms. The SMILES string of the molecule is CCNC(=NCC(CO)Cc1ccc(OC(F)(F)F)cc1)NC1CC=CC1. The molecule has 27 heavy (non-hydrogen) atoms. The highest BCUT2D eigenvalue weighted by Crippen LogP contribution is 2.23. The number of nitrogens with one attached hydrogen (secondary N) is 2. The third-order valence-electron chi connectivity index (χ3n) is 4.14. The average molecular weight is 385 g/mol. The lowest BCUT2D eigenvalue weighted by Gasteiger charge is -2.18. The molecule has 1 unspecified atom stereocenters. The number of hydrogen-bond donors (Lipinski definition) is 3. The van der Waals surface area contributed by atoms with Crippen molar-refractivity contribution in [1.82, 2.24) is 10.6 Å². The van der Waals surface area contributed by atoms with Gasteiger partial charge in [0, 0.05) is 31.7 Å². The summed E-state index contributed by atoms with van der Waals surface area (Å²) in [6.45, 7) is 3.07. The summed E-state index contributed by atoms with van der Waals surface area (Å²) in [5.41, 5.74) is 0.816. The summed E-state index contributed by atoms with van der Waals surface area (Å²) >= 11 is 0. The van der Waals surface area contributed by atoms with Gasteiger partial charge in [-0.2, -0.15) is 0 Å². The van der Waals surface area contributed by atoms with Crippen LogP contribution in [0.1, 0.15) is 25.3 Å². The van der Waals surface area contributed by atoms with Gasteiger partial charge < -0.3 is 20.5 Å². The maximum atomic E-state index is 12.2. The van der Waals surface area contributed by atoms with E-state index >= 15 is 0 Å². The van der Waals surface area contributed by atoms with Gasteiger partial charge in [0.05, 0.1) is 0 Å². The lowest BCUT2D eigenvalue weighted by molar-refractivity contribution is -0.274. The Hall–Kier alpha value is -2.22. The minimum atomic E-state index is -4.70. The molecule has 0 amide bonds. The largest absolute Gasteiger partial charge is 0.573 e. The third-order valence-corrected chi connectivity index (χ3v) is 4.14. The third kappa shape index (κ3) is 7.90. The van der Waals surface area contributed by atoms with E-state index in [1.54, 1.807) is 12.1 Å². The number of benzene rings is 1. The topological polar surface area (TPSA) is 65.9 Å². The fourth-order valence-electron chi connectivity index (χ4n) is 2.82. The van der Waals surface area contributed by atoms with Gasteiger partial charge in [-0.15, -0.1) is 13.2 Å². The van der Waals surface area contributed by atoms with Crippen molar-refractivity contribution in [3.8, 4) is 5.75 Å². The molecule has 0 heterocycles. The Kier molecular flexibility index (Phi) is 7.97. The summed E-state index contributed by atoms with van der Waals surface area (Å²) in [5, 5.41) is 16.2. The predicted molar refractivity (Wildman–Crippen MR) is 98.7 cm³/mol. The van der Waals surface area contributed by atoms with Gasteiger partial charge in [-0.3, -0.25) is 4.99 Å². The Bertz CT molecular complexity index is 622. The van der Waals surface area contributed by atoms with E-state index in [4.69, 9.17) is 0 Å². The van der Waals surface area contributed by atoms with Gasteiger partial charge in [0.15, 0.2) is 5.96 Å². The van der Waals surface area contributed by atoms with E-state index in [0.717, 1.165) is 24.9 Å². The zero-order valence-electron chi connectivity index (χ0n) is 15.3. The summed E-state index contributed by atoms with van der Waals surface area (Å²) in [7, 11) is 0. The van der Waals surface area contributed by atoms with E-state index in [9.17, 15) is 18.3 Å². The number of aliphatic hydroxyl groups is 1. The highest BCUT2D eigenvalue weighted by molar-refractivity contribution is 5.80.